The minimum atomic E-state index is 0.0281. The minimum absolute atomic E-state index is 0.0281. The van der Waals surface area contributed by atoms with Gasteiger partial charge in [0.25, 0.3) is 0 Å². The van der Waals surface area contributed by atoms with Crippen LogP contribution in [0.25, 0.3) is 22.0 Å². The van der Waals surface area contributed by atoms with Crippen molar-refractivity contribution in [3.8, 4) is 17.2 Å². The highest BCUT2D eigenvalue weighted by Gasteiger charge is 2.06. The second kappa shape index (κ2) is 7.25. The van der Waals surface area contributed by atoms with Crippen molar-refractivity contribution in [2.45, 2.75) is 26.3 Å². The molecule has 2 rings (SSSR count). The van der Waals surface area contributed by atoms with E-state index in [1.807, 2.05) is 25.1 Å². The summed E-state index contributed by atoms with van der Waals surface area (Å²) in [6.45, 7) is 10.8. The summed E-state index contributed by atoms with van der Waals surface area (Å²) in [7, 11) is 0. The van der Waals surface area contributed by atoms with Crippen LogP contribution in [0.5, 0.6) is 0 Å². The lowest BCUT2D eigenvalue weighted by Crippen LogP contribution is -1.99. The highest BCUT2D eigenvalue weighted by molar-refractivity contribution is 5.66. The Labute approximate surface area is 132 Å². The van der Waals surface area contributed by atoms with Gasteiger partial charge in [-0.1, -0.05) is 48.5 Å². The Kier molecular flexibility index (Phi) is 5.12. The fourth-order valence-corrected chi connectivity index (χ4v) is 2.27. The van der Waals surface area contributed by atoms with E-state index in [9.17, 15) is 0 Å². The zero-order valence-electron chi connectivity index (χ0n) is 12.9. The Balaban J connectivity index is 2.16. The molecule has 0 heterocycles. The molecule has 1 atom stereocenters. The zero-order chi connectivity index (χ0) is 15.9. The molecule has 0 radical (unpaired) electrons. The van der Waals surface area contributed by atoms with Crippen LogP contribution in [0, 0.1) is 17.9 Å². The van der Waals surface area contributed by atoms with Crippen molar-refractivity contribution in [2.24, 2.45) is 0 Å². The van der Waals surface area contributed by atoms with E-state index in [1.54, 1.807) is 6.92 Å². The lowest BCUT2D eigenvalue weighted by molar-refractivity contribution is 0.845. The summed E-state index contributed by atoms with van der Waals surface area (Å²) < 4.78 is 0. The van der Waals surface area contributed by atoms with E-state index in [1.165, 1.54) is 5.56 Å². The van der Waals surface area contributed by atoms with E-state index in [0.717, 1.165) is 23.1 Å². The highest BCUT2D eigenvalue weighted by Crippen LogP contribution is 2.21. The van der Waals surface area contributed by atoms with E-state index in [2.05, 4.69) is 47.3 Å². The second-order valence-corrected chi connectivity index (χ2v) is 5.44. The Morgan fingerprint density at radius 1 is 1.14 bits per heavy atom. The van der Waals surface area contributed by atoms with Crippen LogP contribution in [0.1, 0.15) is 25.0 Å². The summed E-state index contributed by atoms with van der Waals surface area (Å²) in [6.07, 6.45) is 2.67. The molecule has 22 heavy (non-hydrogen) atoms. The summed E-state index contributed by atoms with van der Waals surface area (Å²) in [4.78, 5) is 3.53. The van der Waals surface area contributed by atoms with Gasteiger partial charge in [0.1, 0.15) is 0 Å². The average molecular weight is 286 g/mol. The van der Waals surface area contributed by atoms with Crippen molar-refractivity contribution in [1.82, 2.24) is 0 Å². The van der Waals surface area contributed by atoms with Crippen molar-refractivity contribution in [3.63, 3.8) is 0 Å². The molecule has 0 N–H and O–H groups in total. The monoisotopic (exact) mass is 286 g/mol. The van der Waals surface area contributed by atoms with Crippen molar-refractivity contribution in [1.29, 1.82) is 5.26 Å². The van der Waals surface area contributed by atoms with Crippen molar-refractivity contribution in [3.05, 3.63) is 76.6 Å². The summed E-state index contributed by atoms with van der Waals surface area (Å²) >= 11 is 0. The van der Waals surface area contributed by atoms with E-state index in [-0.39, 0.29) is 6.04 Å². The maximum atomic E-state index is 8.80. The van der Waals surface area contributed by atoms with Crippen LogP contribution in [0.4, 0.5) is 0 Å². The third-order valence-electron chi connectivity index (χ3n) is 3.51. The molecule has 2 aromatic rings. The number of allylic oxidation sites excluding steroid dienone is 1. The Hall–Kier alpha value is -2.84. The molecule has 2 aromatic carbocycles. The van der Waals surface area contributed by atoms with Crippen LogP contribution < -0.4 is 0 Å². The van der Waals surface area contributed by atoms with Crippen LogP contribution in [-0.4, -0.2) is 6.04 Å². The molecule has 0 aromatic heterocycles. The summed E-state index contributed by atoms with van der Waals surface area (Å²) in [6, 6.07) is 18.7. The van der Waals surface area contributed by atoms with Gasteiger partial charge >= 0.3 is 0 Å². The first kappa shape index (κ1) is 15.5. The minimum Gasteiger partial charge on any atom is -0.314 e. The van der Waals surface area contributed by atoms with Crippen molar-refractivity contribution in [2.75, 3.05) is 0 Å². The summed E-state index contributed by atoms with van der Waals surface area (Å²) in [5, 5.41) is 8.80. The maximum Gasteiger partial charge on any atom is 0.225 e. The van der Waals surface area contributed by atoms with Crippen LogP contribution in [-0.2, 0) is 6.42 Å². The third kappa shape index (κ3) is 4.08. The van der Waals surface area contributed by atoms with Gasteiger partial charge in [-0.05, 0) is 35.3 Å². The number of hydrogen-bond donors (Lipinski definition) is 0. The maximum absolute atomic E-state index is 8.80. The molecule has 0 fully saturated rings. The molecule has 0 aliphatic rings. The van der Waals surface area contributed by atoms with Gasteiger partial charge in [-0.2, -0.15) is 5.26 Å². The second-order valence-electron chi connectivity index (χ2n) is 5.44. The lowest BCUT2D eigenvalue weighted by Gasteiger charge is -2.05. The van der Waals surface area contributed by atoms with Gasteiger partial charge in [0.2, 0.25) is 6.04 Å². The van der Waals surface area contributed by atoms with Crippen LogP contribution in [0.2, 0.25) is 0 Å². The van der Waals surface area contributed by atoms with Gasteiger partial charge in [0, 0.05) is 18.9 Å². The number of nitriles is 1. The quantitative estimate of drug-likeness (QED) is 0.565. The van der Waals surface area contributed by atoms with Gasteiger partial charge in [0.05, 0.1) is 6.07 Å². The standard InChI is InChI=1S/C20H18N2/c1-15(14-21)12-17-4-8-19(9-5-17)20-10-6-18(7-11-20)13-16(2)22-3/h4-12,16H,13H2,1-2H3/b15-12-. The third-order valence-corrected chi connectivity index (χ3v) is 3.51. The molecular weight excluding hydrogens is 268 g/mol. The predicted molar refractivity (Wildman–Crippen MR) is 90.9 cm³/mol. The highest BCUT2D eigenvalue weighted by atomic mass is 14.7. The van der Waals surface area contributed by atoms with E-state index in [4.69, 9.17) is 11.8 Å². The molecule has 0 spiro atoms. The number of rotatable bonds is 4. The van der Waals surface area contributed by atoms with Gasteiger partial charge in [0.15, 0.2) is 0 Å². The van der Waals surface area contributed by atoms with E-state index < -0.39 is 0 Å². The van der Waals surface area contributed by atoms with Gasteiger partial charge < -0.3 is 4.85 Å². The first-order valence-corrected chi connectivity index (χ1v) is 7.26. The molecule has 0 saturated carbocycles. The molecular formula is C20H18N2. The molecule has 2 nitrogen and oxygen atoms in total. The number of nitrogens with zero attached hydrogens (tertiary/aromatic N) is 2. The predicted octanol–water partition coefficient (Wildman–Crippen LogP) is 5.13. The van der Waals surface area contributed by atoms with Crippen LogP contribution in [0.3, 0.4) is 0 Å². The van der Waals surface area contributed by atoms with Crippen molar-refractivity contribution >= 4 is 6.08 Å². The number of benzene rings is 2. The fraction of sp³-hybridized carbons (Fsp3) is 0.200. The summed E-state index contributed by atoms with van der Waals surface area (Å²) in [5.74, 6) is 0. The lowest BCUT2D eigenvalue weighted by atomic mass is 10.00. The van der Waals surface area contributed by atoms with Gasteiger partial charge in [-0.25, -0.2) is 6.57 Å². The van der Waals surface area contributed by atoms with Crippen LogP contribution >= 0.6 is 0 Å². The molecule has 1 unspecified atom stereocenters. The first-order chi connectivity index (χ1) is 10.6. The van der Waals surface area contributed by atoms with E-state index >= 15 is 0 Å². The SMILES string of the molecule is [C-]#[N+]C(C)Cc1ccc(-c2ccc(/C=C(/C)C#N)cc2)cc1. The molecule has 2 heteroatoms. The number of hydrogen-bond acceptors (Lipinski definition) is 1. The molecule has 0 saturated heterocycles. The van der Waals surface area contributed by atoms with Crippen LogP contribution in [0.15, 0.2) is 54.1 Å². The van der Waals surface area contributed by atoms with Gasteiger partial charge in [-0.15, -0.1) is 0 Å². The molecule has 108 valence electrons. The summed E-state index contributed by atoms with van der Waals surface area (Å²) in [5.41, 5.74) is 5.23. The van der Waals surface area contributed by atoms with Crippen molar-refractivity contribution < 1.29 is 0 Å². The molecule has 0 bridgehead atoms. The normalized spacial score (nSPS) is 12.3. The largest absolute Gasteiger partial charge is 0.314 e. The fourth-order valence-electron chi connectivity index (χ4n) is 2.27. The van der Waals surface area contributed by atoms with Gasteiger partial charge in [-0.3, -0.25) is 0 Å². The first-order valence-electron chi connectivity index (χ1n) is 7.26. The zero-order valence-corrected chi connectivity index (χ0v) is 12.9. The average Bonchev–Trinajstić information content (AvgIpc) is 2.56. The Bertz CT molecular complexity index is 738. The molecule has 0 aliphatic heterocycles. The smallest absolute Gasteiger partial charge is 0.225 e. The van der Waals surface area contributed by atoms with E-state index in [0.29, 0.717) is 5.57 Å². The molecule has 0 amide bonds. The molecule has 0 aliphatic carbocycles. The topological polar surface area (TPSA) is 28.1 Å². The Morgan fingerprint density at radius 2 is 1.68 bits per heavy atom. The Morgan fingerprint density at radius 3 is 2.18 bits per heavy atom.